The normalized spacial score (nSPS) is 13.3. The lowest BCUT2D eigenvalue weighted by atomic mass is 10.0. The molecule has 0 atom stereocenters. The van der Waals surface area contributed by atoms with Crippen LogP contribution in [0.15, 0.2) is 53.7 Å². The highest BCUT2D eigenvalue weighted by Crippen LogP contribution is 2.30. The third-order valence-corrected chi connectivity index (χ3v) is 5.67. The van der Waals surface area contributed by atoms with Crippen LogP contribution in [-0.4, -0.2) is 44.8 Å². The first-order valence-corrected chi connectivity index (χ1v) is 10.4. The predicted molar refractivity (Wildman–Crippen MR) is 112 cm³/mol. The highest BCUT2D eigenvalue weighted by molar-refractivity contribution is 7.99. The standard InChI is InChI=1S/C22H22N4OS/c1-15-4-8-17(9-5-15)20-21(18-10-6-16(2)7-11-18)24-25-22(23-20)28-14-19(27)26-12-3-13-26/h4-11H,3,12-14H2,1-2H3. The first-order chi connectivity index (χ1) is 13.6. The summed E-state index contributed by atoms with van der Waals surface area (Å²) < 4.78 is 0. The zero-order valence-electron chi connectivity index (χ0n) is 16.1. The minimum absolute atomic E-state index is 0.138. The zero-order chi connectivity index (χ0) is 19.5. The fourth-order valence-corrected chi connectivity index (χ4v) is 3.66. The van der Waals surface area contributed by atoms with Gasteiger partial charge in [0.1, 0.15) is 11.4 Å². The Morgan fingerprint density at radius 2 is 1.46 bits per heavy atom. The molecule has 0 N–H and O–H groups in total. The van der Waals surface area contributed by atoms with Gasteiger partial charge in [-0.25, -0.2) is 4.98 Å². The number of nitrogens with zero attached hydrogens (tertiary/aromatic N) is 4. The van der Waals surface area contributed by atoms with Crippen molar-refractivity contribution in [2.24, 2.45) is 0 Å². The molecule has 28 heavy (non-hydrogen) atoms. The van der Waals surface area contributed by atoms with E-state index in [2.05, 4.69) is 60.4 Å². The van der Waals surface area contributed by atoms with Gasteiger partial charge in [-0.2, -0.15) is 0 Å². The number of amides is 1. The van der Waals surface area contributed by atoms with Crippen LogP contribution in [0.2, 0.25) is 0 Å². The van der Waals surface area contributed by atoms with Gasteiger partial charge in [0.15, 0.2) is 0 Å². The number of aromatic nitrogens is 3. The molecule has 1 saturated heterocycles. The number of hydrogen-bond donors (Lipinski definition) is 0. The van der Waals surface area contributed by atoms with Crippen molar-refractivity contribution >= 4 is 17.7 Å². The van der Waals surface area contributed by atoms with E-state index in [1.54, 1.807) is 0 Å². The molecule has 2 heterocycles. The highest BCUT2D eigenvalue weighted by atomic mass is 32.2. The van der Waals surface area contributed by atoms with Crippen LogP contribution >= 0.6 is 11.8 Å². The van der Waals surface area contributed by atoms with Crippen LogP contribution in [0.1, 0.15) is 17.5 Å². The fraction of sp³-hybridized carbons (Fsp3) is 0.273. The molecular weight excluding hydrogens is 368 g/mol. The number of likely N-dealkylation sites (tertiary alicyclic amines) is 1. The van der Waals surface area contributed by atoms with Crippen molar-refractivity contribution in [1.82, 2.24) is 20.1 Å². The first kappa shape index (κ1) is 18.6. The highest BCUT2D eigenvalue weighted by Gasteiger charge is 2.21. The molecule has 0 unspecified atom stereocenters. The molecule has 1 aromatic heterocycles. The number of carbonyl (C=O) groups is 1. The summed E-state index contributed by atoms with van der Waals surface area (Å²) in [6.45, 7) is 5.84. The Kier molecular flexibility index (Phi) is 5.39. The lowest BCUT2D eigenvalue weighted by Crippen LogP contribution is -2.43. The number of hydrogen-bond acceptors (Lipinski definition) is 5. The van der Waals surface area contributed by atoms with E-state index < -0.39 is 0 Å². The molecule has 0 radical (unpaired) electrons. The third kappa shape index (κ3) is 4.07. The number of rotatable bonds is 5. The van der Waals surface area contributed by atoms with Crippen molar-refractivity contribution in [3.05, 3.63) is 59.7 Å². The van der Waals surface area contributed by atoms with Crippen molar-refractivity contribution in [3.8, 4) is 22.5 Å². The quantitative estimate of drug-likeness (QED) is 0.613. The first-order valence-electron chi connectivity index (χ1n) is 9.39. The molecule has 1 aliphatic heterocycles. The topological polar surface area (TPSA) is 59.0 Å². The second kappa shape index (κ2) is 8.10. The smallest absolute Gasteiger partial charge is 0.233 e. The number of aryl methyl sites for hydroxylation is 2. The molecule has 4 rings (SSSR count). The number of benzene rings is 2. The summed E-state index contributed by atoms with van der Waals surface area (Å²) in [5.41, 5.74) is 5.90. The maximum absolute atomic E-state index is 12.1. The predicted octanol–water partition coefficient (Wildman–Crippen LogP) is 4.15. The van der Waals surface area contributed by atoms with Crippen LogP contribution in [0, 0.1) is 13.8 Å². The molecule has 142 valence electrons. The number of thioether (sulfide) groups is 1. The van der Waals surface area contributed by atoms with Crippen LogP contribution in [-0.2, 0) is 4.79 Å². The molecule has 5 nitrogen and oxygen atoms in total. The van der Waals surface area contributed by atoms with Crippen molar-refractivity contribution in [1.29, 1.82) is 0 Å². The molecule has 1 fully saturated rings. The van der Waals surface area contributed by atoms with Gasteiger partial charge in [0.2, 0.25) is 11.1 Å². The van der Waals surface area contributed by atoms with E-state index in [0.29, 0.717) is 10.9 Å². The van der Waals surface area contributed by atoms with E-state index in [0.717, 1.165) is 42.0 Å². The minimum atomic E-state index is 0.138. The van der Waals surface area contributed by atoms with Crippen LogP contribution in [0.25, 0.3) is 22.5 Å². The van der Waals surface area contributed by atoms with Crippen LogP contribution in [0.5, 0.6) is 0 Å². The van der Waals surface area contributed by atoms with E-state index in [1.165, 1.54) is 22.9 Å². The Labute approximate surface area is 169 Å². The Morgan fingerprint density at radius 1 is 0.893 bits per heavy atom. The summed E-state index contributed by atoms with van der Waals surface area (Å²) in [5, 5.41) is 9.29. The average Bonchev–Trinajstić information content (AvgIpc) is 2.66. The molecule has 0 bridgehead atoms. The molecule has 3 aromatic rings. The van der Waals surface area contributed by atoms with Crippen molar-refractivity contribution in [3.63, 3.8) is 0 Å². The summed E-state index contributed by atoms with van der Waals surface area (Å²) >= 11 is 1.35. The van der Waals surface area contributed by atoms with Crippen LogP contribution < -0.4 is 0 Å². The van der Waals surface area contributed by atoms with Crippen molar-refractivity contribution in [2.45, 2.75) is 25.4 Å². The van der Waals surface area contributed by atoms with Crippen LogP contribution in [0.3, 0.4) is 0 Å². The van der Waals surface area contributed by atoms with Crippen LogP contribution in [0.4, 0.5) is 0 Å². The molecular formula is C22H22N4OS. The Morgan fingerprint density at radius 3 is 2.00 bits per heavy atom. The molecule has 0 aliphatic carbocycles. The largest absolute Gasteiger partial charge is 0.342 e. The van der Waals surface area contributed by atoms with E-state index in [9.17, 15) is 4.79 Å². The van der Waals surface area contributed by atoms with E-state index >= 15 is 0 Å². The van der Waals surface area contributed by atoms with Gasteiger partial charge in [-0.1, -0.05) is 71.4 Å². The molecule has 0 saturated carbocycles. The van der Waals surface area contributed by atoms with Gasteiger partial charge >= 0.3 is 0 Å². The van der Waals surface area contributed by atoms with Gasteiger partial charge in [0.05, 0.1) is 5.75 Å². The molecule has 6 heteroatoms. The van der Waals surface area contributed by atoms with Gasteiger partial charge in [-0.05, 0) is 20.3 Å². The summed E-state index contributed by atoms with van der Waals surface area (Å²) in [7, 11) is 0. The third-order valence-electron chi connectivity index (χ3n) is 4.85. The second-order valence-corrected chi connectivity index (χ2v) is 7.99. The fourth-order valence-electron chi connectivity index (χ4n) is 2.97. The van der Waals surface area contributed by atoms with E-state index in [-0.39, 0.29) is 5.91 Å². The van der Waals surface area contributed by atoms with Crippen molar-refractivity contribution in [2.75, 3.05) is 18.8 Å². The molecule has 2 aromatic carbocycles. The molecule has 1 aliphatic rings. The molecule has 0 spiro atoms. The lowest BCUT2D eigenvalue weighted by Gasteiger charge is -2.30. The SMILES string of the molecule is Cc1ccc(-c2nnc(SCC(=O)N3CCC3)nc2-c2ccc(C)cc2)cc1. The van der Waals surface area contributed by atoms with E-state index in [4.69, 9.17) is 4.98 Å². The maximum atomic E-state index is 12.1. The monoisotopic (exact) mass is 390 g/mol. The Hall–Kier alpha value is -2.73. The Bertz CT molecular complexity index is 982. The Balaban J connectivity index is 1.66. The van der Waals surface area contributed by atoms with Crippen molar-refractivity contribution < 1.29 is 4.79 Å². The van der Waals surface area contributed by atoms with Gasteiger partial charge in [-0.15, -0.1) is 10.2 Å². The molecule has 1 amide bonds. The second-order valence-electron chi connectivity index (χ2n) is 7.05. The summed E-state index contributed by atoms with van der Waals surface area (Å²) in [5.74, 6) is 0.484. The minimum Gasteiger partial charge on any atom is -0.342 e. The summed E-state index contributed by atoms with van der Waals surface area (Å²) in [6, 6.07) is 16.4. The van der Waals surface area contributed by atoms with E-state index in [1.807, 2.05) is 17.0 Å². The van der Waals surface area contributed by atoms with Gasteiger partial charge < -0.3 is 4.90 Å². The van der Waals surface area contributed by atoms with Gasteiger partial charge in [0, 0.05) is 24.2 Å². The lowest BCUT2D eigenvalue weighted by molar-refractivity contribution is -0.131. The summed E-state index contributed by atoms with van der Waals surface area (Å²) in [4.78, 5) is 18.8. The summed E-state index contributed by atoms with van der Waals surface area (Å²) in [6.07, 6.45) is 1.09. The average molecular weight is 391 g/mol. The number of carbonyl (C=O) groups excluding carboxylic acids is 1. The van der Waals surface area contributed by atoms with Gasteiger partial charge in [-0.3, -0.25) is 4.79 Å². The maximum Gasteiger partial charge on any atom is 0.233 e. The zero-order valence-corrected chi connectivity index (χ0v) is 16.9. The van der Waals surface area contributed by atoms with Gasteiger partial charge in [0.25, 0.3) is 0 Å².